The lowest BCUT2D eigenvalue weighted by Crippen LogP contribution is -2.42. The minimum atomic E-state index is -4.67. The first-order valence-electron chi connectivity index (χ1n) is 14.1. The highest BCUT2D eigenvalue weighted by Gasteiger charge is 2.47. The highest BCUT2D eigenvalue weighted by atomic mass is 19.4. The smallest absolute Gasteiger partial charge is 0.418 e. The number of ether oxygens (including phenoxy) is 1. The Bertz CT molecular complexity index is 1710. The number of alkyl halides is 3. The van der Waals surface area contributed by atoms with Crippen molar-refractivity contribution in [3.63, 3.8) is 0 Å². The van der Waals surface area contributed by atoms with E-state index in [1.165, 1.54) is 23.1 Å². The Morgan fingerprint density at radius 3 is 2.35 bits per heavy atom. The lowest BCUT2D eigenvalue weighted by molar-refractivity contribution is -0.137. The van der Waals surface area contributed by atoms with Crippen LogP contribution in [0, 0.1) is 37.5 Å². The number of nitrogens with zero attached hydrogens (tertiary/aromatic N) is 2. The maximum absolute atomic E-state index is 14.2. The number of Topliss-reactive ketones (excluding diaryl/α,β-unsaturated/α-hetero) is 1. The highest BCUT2D eigenvalue weighted by molar-refractivity contribution is 6.02. The van der Waals surface area contributed by atoms with Gasteiger partial charge in [0.1, 0.15) is 18.2 Å². The molecule has 3 aromatic rings. The Morgan fingerprint density at radius 1 is 1.02 bits per heavy atom. The second kappa shape index (κ2) is 11.0. The van der Waals surface area contributed by atoms with Crippen LogP contribution in [0.15, 0.2) is 83.3 Å². The van der Waals surface area contributed by atoms with E-state index < -0.39 is 23.1 Å². The topological polar surface area (TPSA) is 79.3 Å². The van der Waals surface area contributed by atoms with Crippen LogP contribution in [0.25, 0.3) is 0 Å². The van der Waals surface area contributed by atoms with Crippen molar-refractivity contribution < 1.29 is 22.7 Å². The maximum Gasteiger partial charge on any atom is 0.418 e. The number of anilines is 1. The van der Waals surface area contributed by atoms with E-state index in [2.05, 4.69) is 6.07 Å². The zero-order chi connectivity index (χ0) is 31.3. The van der Waals surface area contributed by atoms with E-state index in [0.29, 0.717) is 29.0 Å². The van der Waals surface area contributed by atoms with Gasteiger partial charge in [-0.3, -0.25) is 9.69 Å². The van der Waals surface area contributed by atoms with E-state index in [1.807, 2.05) is 71.0 Å². The molecule has 0 bridgehead atoms. The summed E-state index contributed by atoms with van der Waals surface area (Å²) < 4.78 is 48.7. The molecular formula is C35H34F3N3O2. The molecule has 5 rings (SSSR count). The molecule has 2 aliphatic rings. The number of para-hydroxylation sites is 1. The second-order valence-corrected chi connectivity index (χ2v) is 12.2. The van der Waals surface area contributed by atoms with Crippen LogP contribution in [-0.2, 0) is 17.6 Å². The normalized spacial score (nSPS) is 18.4. The van der Waals surface area contributed by atoms with Crippen LogP contribution in [0.2, 0.25) is 0 Å². The molecule has 0 radical (unpaired) electrons. The molecule has 0 fully saturated rings. The highest BCUT2D eigenvalue weighted by Crippen LogP contribution is 2.52. The Morgan fingerprint density at radius 2 is 1.70 bits per heavy atom. The number of hydrogen-bond donors (Lipinski definition) is 1. The average molecular weight is 586 g/mol. The van der Waals surface area contributed by atoms with E-state index in [9.17, 15) is 23.2 Å². The summed E-state index contributed by atoms with van der Waals surface area (Å²) in [5.41, 5.74) is 10.2. The summed E-state index contributed by atoms with van der Waals surface area (Å²) in [6.45, 7) is 9.92. The van der Waals surface area contributed by atoms with Crippen molar-refractivity contribution in [1.82, 2.24) is 0 Å². The molecule has 222 valence electrons. The van der Waals surface area contributed by atoms with Gasteiger partial charge in [0, 0.05) is 17.7 Å². The molecule has 1 atom stereocenters. The first-order valence-corrected chi connectivity index (χ1v) is 14.1. The molecule has 0 saturated heterocycles. The number of carbonyl (C=O) groups is 1. The van der Waals surface area contributed by atoms with E-state index in [4.69, 9.17) is 10.5 Å². The third-order valence-electron chi connectivity index (χ3n) is 8.26. The van der Waals surface area contributed by atoms with Gasteiger partial charge in [-0.15, -0.1) is 0 Å². The van der Waals surface area contributed by atoms with E-state index >= 15 is 0 Å². The Kier molecular flexibility index (Phi) is 7.64. The van der Waals surface area contributed by atoms with Crippen molar-refractivity contribution in [1.29, 1.82) is 5.26 Å². The molecule has 2 N–H and O–H groups in total. The van der Waals surface area contributed by atoms with E-state index in [1.54, 1.807) is 0 Å². The van der Waals surface area contributed by atoms with Crippen LogP contribution in [0.5, 0.6) is 5.75 Å². The van der Waals surface area contributed by atoms with Crippen LogP contribution in [0.4, 0.5) is 18.9 Å². The molecule has 1 aliphatic carbocycles. The molecule has 0 saturated carbocycles. The molecule has 0 aromatic heterocycles. The average Bonchev–Trinajstić information content (AvgIpc) is 2.92. The molecule has 0 amide bonds. The van der Waals surface area contributed by atoms with Crippen molar-refractivity contribution in [2.24, 2.45) is 11.1 Å². The first-order chi connectivity index (χ1) is 20.2. The standard InChI is InChI=1S/C35H34F3N3O2/c1-20-10-12-24(13-11-20)43-19-23-14-21(2)15-25(22(23)3)31-26(18-39)33(40)41(28-9-7-6-8-27(28)35(36,37)38)29-16-34(4,5)17-30(42)32(29)31/h6-15,31H,16-17,19,40H2,1-5H3. The number of ketones is 1. The van der Waals surface area contributed by atoms with Crippen molar-refractivity contribution in [3.05, 3.63) is 117 Å². The molecule has 1 unspecified atom stereocenters. The fourth-order valence-corrected chi connectivity index (χ4v) is 6.21. The molecule has 1 heterocycles. The predicted octanol–water partition coefficient (Wildman–Crippen LogP) is 8.15. The third-order valence-corrected chi connectivity index (χ3v) is 8.26. The maximum atomic E-state index is 14.2. The van der Waals surface area contributed by atoms with E-state index in [-0.39, 0.29) is 35.9 Å². The second-order valence-electron chi connectivity index (χ2n) is 12.2. The van der Waals surface area contributed by atoms with Crippen molar-refractivity contribution in [2.75, 3.05) is 4.90 Å². The lowest BCUT2D eigenvalue weighted by atomic mass is 9.67. The third kappa shape index (κ3) is 5.64. The monoisotopic (exact) mass is 585 g/mol. The number of aryl methyl sites for hydroxylation is 2. The Labute approximate surface area is 250 Å². The van der Waals surface area contributed by atoms with Gasteiger partial charge in [-0.05, 0) is 73.6 Å². The quantitative estimate of drug-likeness (QED) is 0.327. The van der Waals surface area contributed by atoms with Crippen LogP contribution < -0.4 is 15.4 Å². The molecular weight excluding hydrogens is 551 g/mol. The molecule has 3 aromatic carbocycles. The predicted molar refractivity (Wildman–Crippen MR) is 160 cm³/mol. The summed E-state index contributed by atoms with van der Waals surface area (Å²) in [6, 6.07) is 19.0. The van der Waals surface area contributed by atoms with Crippen LogP contribution in [0.1, 0.15) is 66.0 Å². The molecule has 8 heteroatoms. The first kappa shape index (κ1) is 30.0. The van der Waals surface area contributed by atoms with Gasteiger partial charge in [0.15, 0.2) is 5.78 Å². The number of nitrogens with two attached hydrogens (primary N) is 1. The summed E-state index contributed by atoms with van der Waals surface area (Å²) in [5, 5.41) is 10.5. The number of carbonyl (C=O) groups excluding carboxylic acids is 1. The van der Waals surface area contributed by atoms with Gasteiger partial charge in [-0.2, -0.15) is 18.4 Å². The van der Waals surface area contributed by atoms with Crippen LogP contribution in [0.3, 0.4) is 0 Å². The zero-order valence-corrected chi connectivity index (χ0v) is 24.9. The van der Waals surface area contributed by atoms with Gasteiger partial charge in [0.05, 0.1) is 28.8 Å². The summed E-state index contributed by atoms with van der Waals surface area (Å²) >= 11 is 0. The zero-order valence-electron chi connectivity index (χ0n) is 24.9. The van der Waals surface area contributed by atoms with Crippen LogP contribution >= 0.6 is 0 Å². The van der Waals surface area contributed by atoms with Crippen molar-refractivity contribution in [3.8, 4) is 11.8 Å². The fraction of sp³-hybridized carbons (Fsp3) is 0.314. The number of hydrogen-bond acceptors (Lipinski definition) is 5. The van der Waals surface area contributed by atoms with Gasteiger partial charge in [0.25, 0.3) is 0 Å². The number of halogens is 3. The summed E-state index contributed by atoms with van der Waals surface area (Å²) in [7, 11) is 0. The largest absolute Gasteiger partial charge is 0.489 e. The molecule has 1 aliphatic heterocycles. The molecule has 0 spiro atoms. The minimum Gasteiger partial charge on any atom is -0.489 e. The summed E-state index contributed by atoms with van der Waals surface area (Å²) in [5.74, 6) is -0.423. The lowest BCUT2D eigenvalue weighted by Gasteiger charge is -2.44. The SMILES string of the molecule is Cc1ccc(OCc2cc(C)cc(C3C(C#N)=C(N)N(c4ccccc4C(F)(F)F)C4=C3C(=O)CC(C)(C)C4)c2C)cc1. The van der Waals surface area contributed by atoms with Gasteiger partial charge >= 0.3 is 6.18 Å². The van der Waals surface area contributed by atoms with Gasteiger partial charge < -0.3 is 10.5 Å². The summed E-state index contributed by atoms with van der Waals surface area (Å²) in [6.07, 6.45) is -4.16. The van der Waals surface area contributed by atoms with E-state index in [0.717, 1.165) is 28.3 Å². The van der Waals surface area contributed by atoms with Crippen molar-refractivity contribution >= 4 is 11.5 Å². The number of nitriles is 1. The van der Waals surface area contributed by atoms with Gasteiger partial charge in [0.2, 0.25) is 0 Å². The van der Waals surface area contributed by atoms with Crippen molar-refractivity contribution in [2.45, 2.75) is 66.2 Å². The van der Waals surface area contributed by atoms with Crippen LogP contribution in [-0.4, -0.2) is 5.78 Å². The molecule has 5 nitrogen and oxygen atoms in total. The van der Waals surface area contributed by atoms with Gasteiger partial charge in [-0.25, -0.2) is 0 Å². The summed E-state index contributed by atoms with van der Waals surface area (Å²) in [4.78, 5) is 15.3. The Hall–Kier alpha value is -4.51. The number of rotatable bonds is 5. The number of benzene rings is 3. The Balaban J connectivity index is 1.70. The minimum absolute atomic E-state index is 0.0443. The fourth-order valence-electron chi connectivity index (χ4n) is 6.21. The number of allylic oxidation sites excluding steroid dienone is 3. The van der Waals surface area contributed by atoms with Gasteiger partial charge in [-0.1, -0.05) is 61.4 Å². The molecule has 43 heavy (non-hydrogen) atoms.